The van der Waals surface area contributed by atoms with E-state index in [0.717, 1.165) is 28.0 Å². The van der Waals surface area contributed by atoms with E-state index in [4.69, 9.17) is 15.2 Å². The number of carbonyl (C=O) groups is 1. The zero-order valence-corrected chi connectivity index (χ0v) is 13.2. The third kappa shape index (κ3) is 3.43. The molecule has 0 atom stereocenters. The summed E-state index contributed by atoms with van der Waals surface area (Å²) in [5, 5.41) is 3.13. The highest BCUT2D eigenvalue weighted by atomic mass is 79.9. The number of nitrogens with two attached hydrogens (primary N) is 1. The minimum absolute atomic E-state index is 0.383. The molecule has 1 aromatic carbocycles. The first-order valence-corrected chi connectivity index (χ1v) is 7.32. The van der Waals surface area contributed by atoms with Crippen molar-refractivity contribution < 1.29 is 14.3 Å². The summed E-state index contributed by atoms with van der Waals surface area (Å²) in [6.45, 7) is 5.33. The second-order valence-corrected chi connectivity index (χ2v) is 6.15. The lowest BCUT2D eigenvalue weighted by molar-refractivity contribution is -0.123. The Morgan fingerprint density at radius 2 is 2.10 bits per heavy atom. The number of amides is 1. The molecular formula is C14H19BrN2O3. The Hall–Kier alpha value is -1.27. The Morgan fingerprint density at radius 1 is 1.40 bits per heavy atom. The first-order valence-electron chi connectivity index (χ1n) is 6.53. The lowest BCUT2D eigenvalue weighted by Gasteiger charge is -2.22. The number of ether oxygens (including phenoxy) is 2. The highest BCUT2D eigenvalue weighted by molar-refractivity contribution is 9.10. The Bertz CT molecular complexity index is 517. The molecule has 2 rings (SSSR count). The van der Waals surface area contributed by atoms with E-state index >= 15 is 0 Å². The average Bonchev–Trinajstić information content (AvgIpc) is 2.62. The maximum Gasteiger partial charge on any atom is 0.237 e. The van der Waals surface area contributed by atoms with Crippen LogP contribution in [-0.2, 0) is 11.3 Å². The van der Waals surface area contributed by atoms with E-state index in [0.29, 0.717) is 19.8 Å². The molecule has 0 saturated heterocycles. The molecule has 0 saturated carbocycles. The summed E-state index contributed by atoms with van der Waals surface area (Å²) >= 11 is 3.49. The highest BCUT2D eigenvalue weighted by Crippen LogP contribution is 2.38. The molecule has 0 spiro atoms. The summed E-state index contributed by atoms with van der Waals surface area (Å²) in [5.74, 6) is 1.08. The molecule has 3 N–H and O–H groups in total. The lowest BCUT2D eigenvalue weighted by Crippen LogP contribution is -2.50. The number of primary amides is 1. The Kier molecular flexibility index (Phi) is 4.55. The summed E-state index contributed by atoms with van der Waals surface area (Å²) in [6.07, 6.45) is 0.864. The van der Waals surface area contributed by atoms with Gasteiger partial charge in [0.2, 0.25) is 5.91 Å². The third-order valence-electron chi connectivity index (χ3n) is 3.21. The van der Waals surface area contributed by atoms with Crippen molar-refractivity contribution in [1.29, 1.82) is 0 Å². The Balaban J connectivity index is 2.16. The van der Waals surface area contributed by atoms with Gasteiger partial charge in [-0.25, -0.2) is 0 Å². The van der Waals surface area contributed by atoms with Crippen LogP contribution in [0.1, 0.15) is 25.8 Å². The van der Waals surface area contributed by atoms with E-state index < -0.39 is 5.54 Å². The van der Waals surface area contributed by atoms with E-state index in [9.17, 15) is 4.79 Å². The Labute approximate surface area is 126 Å². The second kappa shape index (κ2) is 6.01. The first-order chi connectivity index (χ1) is 9.40. The fourth-order valence-electron chi connectivity index (χ4n) is 1.80. The Morgan fingerprint density at radius 3 is 2.80 bits per heavy atom. The highest BCUT2D eigenvalue weighted by Gasteiger charge is 2.24. The number of fused-ring (bicyclic) bond motifs is 1. The van der Waals surface area contributed by atoms with E-state index in [1.165, 1.54) is 0 Å². The molecule has 1 heterocycles. The van der Waals surface area contributed by atoms with Gasteiger partial charge in [0.15, 0.2) is 11.5 Å². The van der Waals surface area contributed by atoms with Gasteiger partial charge in [0.25, 0.3) is 0 Å². The van der Waals surface area contributed by atoms with Crippen molar-refractivity contribution in [3.05, 3.63) is 22.2 Å². The van der Waals surface area contributed by atoms with Crippen LogP contribution in [0.2, 0.25) is 0 Å². The standard InChI is InChI=1S/C14H19BrN2O3/c1-14(2,13(16)18)17-8-9-6-10(15)12-11(7-9)19-4-3-5-20-12/h6-7,17H,3-5,8H2,1-2H3,(H2,16,18). The molecular weight excluding hydrogens is 324 g/mol. The van der Waals surface area contributed by atoms with Gasteiger partial charge in [0, 0.05) is 13.0 Å². The quantitative estimate of drug-likeness (QED) is 0.877. The first kappa shape index (κ1) is 15.1. The summed E-state index contributed by atoms with van der Waals surface area (Å²) < 4.78 is 12.2. The normalized spacial score (nSPS) is 14.8. The molecule has 0 radical (unpaired) electrons. The van der Waals surface area contributed by atoms with Gasteiger partial charge >= 0.3 is 0 Å². The topological polar surface area (TPSA) is 73.6 Å². The van der Waals surface area contributed by atoms with Crippen molar-refractivity contribution in [2.75, 3.05) is 13.2 Å². The molecule has 0 unspecified atom stereocenters. The fourth-order valence-corrected chi connectivity index (χ4v) is 2.40. The summed E-state index contributed by atoms with van der Waals surface area (Å²) in [7, 11) is 0. The number of carbonyl (C=O) groups excluding carboxylic acids is 1. The van der Waals surface area contributed by atoms with E-state index in [1.807, 2.05) is 12.1 Å². The molecule has 0 bridgehead atoms. The molecule has 0 aliphatic carbocycles. The third-order valence-corrected chi connectivity index (χ3v) is 3.80. The van der Waals surface area contributed by atoms with Gasteiger partial charge in [-0.2, -0.15) is 0 Å². The number of hydrogen-bond acceptors (Lipinski definition) is 4. The summed E-state index contributed by atoms with van der Waals surface area (Å²) in [4.78, 5) is 11.3. The monoisotopic (exact) mass is 342 g/mol. The SMILES string of the molecule is CC(C)(NCc1cc(Br)c2c(c1)OCCCO2)C(N)=O. The van der Waals surface area contributed by atoms with Crippen LogP contribution in [0.25, 0.3) is 0 Å². The van der Waals surface area contributed by atoms with Gasteiger partial charge in [-0.15, -0.1) is 0 Å². The van der Waals surface area contributed by atoms with Crippen LogP contribution in [0.3, 0.4) is 0 Å². The minimum atomic E-state index is -0.753. The zero-order chi connectivity index (χ0) is 14.8. The number of benzene rings is 1. The smallest absolute Gasteiger partial charge is 0.237 e. The number of halogens is 1. The predicted octanol–water partition coefficient (Wildman–Crippen LogP) is 1.96. The predicted molar refractivity (Wildman–Crippen MR) is 79.9 cm³/mol. The van der Waals surface area contributed by atoms with Crippen LogP contribution in [0, 0.1) is 0 Å². The summed E-state index contributed by atoms with van der Waals surface area (Å²) in [6, 6.07) is 3.88. The van der Waals surface area contributed by atoms with E-state index in [1.54, 1.807) is 13.8 Å². The van der Waals surface area contributed by atoms with Crippen LogP contribution < -0.4 is 20.5 Å². The van der Waals surface area contributed by atoms with Crippen molar-refractivity contribution >= 4 is 21.8 Å². The fraction of sp³-hybridized carbons (Fsp3) is 0.500. The maximum absolute atomic E-state index is 11.3. The minimum Gasteiger partial charge on any atom is -0.490 e. The van der Waals surface area contributed by atoms with Gasteiger partial charge < -0.3 is 15.2 Å². The van der Waals surface area contributed by atoms with Crippen molar-refractivity contribution in [1.82, 2.24) is 5.32 Å². The summed E-state index contributed by atoms with van der Waals surface area (Å²) in [5.41, 5.74) is 5.58. The molecule has 1 aliphatic heterocycles. The number of rotatable bonds is 4. The van der Waals surface area contributed by atoms with Crippen LogP contribution in [0.15, 0.2) is 16.6 Å². The maximum atomic E-state index is 11.3. The molecule has 5 nitrogen and oxygen atoms in total. The van der Waals surface area contributed by atoms with Crippen LogP contribution in [0.5, 0.6) is 11.5 Å². The van der Waals surface area contributed by atoms with Crippen molar-refractivity contribution in [2.45, 2.75) is 32.4 Å². The number of hydrogen-bond donors (Lipinski definition) is 2. The van der Waals surface area contributed by atoms with E-state index in [-0.39, 0.29) is 5.91 Å². The van der Waals surface area contributed by atoms with Crippen molar-refractivity contribution in [3.63, 3.8) is 0 Å². The molecule has 6 heteroatoms. The van der Waals surface area contributed by atoms with Crippen molar-refractivity contribution in [2.24, 2.45) is 5.73 Å². The van der Waals surface area contributed by atoms with Crippen LogP contribution in [0.4, 0.5) is 0 Å². The molecule has 110 valence electrons. The largest absolute Gasteiger partial charge is 0.490 e. The van der Waals surface area contributed by atoms with Crippen molar-refractivity contribution in [3.8, 4) is 11.5 Å². The van der Waals surface area contributed by atoms with Crippen LogP contribution >= 0.6 is 15.9 Å². The van der Waals surface area contributed by atoms with Gasteiger partial charge in [-0.3, -0.25) is 10.1 Å². The van der Waals surface area contributed by atoms with Gasteiger partial charge in [0.1, 0.15) is 0 Å². The molecule has 0 aromatic heterocycles. The van der Waals surface area contributed by atoms with Gasteiger partial charge in [-0.1, -0.05) is 0 Å². The lowest BCUT2D eigenvalue weighted by atomic mass is 10.0. The van der Waals surface area contributed by atoms with Gasteiger partial charge in [0.05, 0.1) is 23.2 Å². The van der Waals surface area contributed by atoms with Crippen LogP contribution in [-0.4, -0.2) is 24.7 Å². The second-order valence-electron chi connectivity index (χ2n) is 5.30. The zero-order valence-electron chi connectivity index (χ0n) is 11.7. The molecule has 1 aliphatic rings. The molecule has 1 aromatic rings. The number of nitrogens with one attached hydrogen (secondary N) is 1. The average molecular weight is 343 g/mol. The molecule has 0 fully saturated rings. The van der Waals surface area contributed by atoms with Gasteiger partial charge in [-0.05, 0) is 47.5 Å². The molecule has 1 amide bonds. The molecule has 20 heavy (non-hydrogen) atoms. The van der Waals surface area contributed by atoms with E-state index in [2.05, 4.69) is 21.2 Å².